The largest absolute Gasteiger partial charge is 0.479 e. The topological polar surface area (TPSA) is 73.6 Å². The number of benzene rings is 1. The van der Waals surface area contributed by atoms with Crippen molar-refractivity contribution in [2.45, 2.75) is 19.4 Å². The van der Waals surface area contributed by atoms with E-state index >= 15 is 0 Å². The number of hydrogen-bond acceptors (Lipinski definition) is 4. The van der Waals surface area contributed by atoms with E-state index in [0.29, 0.717) is 12.3 Å². The molecule has 0 radical (unpaired) electrons. The maximum Gasteiger partial charge on any atom is 0.226 e. The van der Waals surface area contributed by atoms with Gasteiger partial charge in [-0.05, 0) is 24.6 Å². The molecule has 1 aromatic rings. The van der Waals surface area contributed by atoms with Gasteiger partial charge in [-0.25, -0.2) is 0 Å². The molecule has 0 bridgehead atoms. The lowest BCUT2D eigenvalue weighted by molar-refractivity contribution is -0.130. The molecule has 0 fully saturated rings. The lowest BCUT2D eigenvalue weighted by atomic mass is 10.1. The number of aliphatic hydroxyl groups is 1. The summed E-state index contributed by atoms with van der Waals surface area (Å²) in [5.74, 6) is 0.557. The smallest absolute Gasteiger partial charge is 0.226 e. The van der Waals surface area contributed by atoms with Gasteiger partial charge in [-0.2, -0.15) is 5.26 Å². The third kappa shape index (κ3) is 5.40. The fourth-order valence-corrected chi connectivity index (χ4v) is 1.63. The predicted molar refractivity (Wildman–Crippen MR) is 70.6 cm³/mol. The minimum atomic E-state index is -0.532. The van der Waals surface area contributed by atoms with Crippen LogP contribution in [0, 0.1) is 11.3 Å². The van der Waals surface area contributed by atoms with E-state index < -0.39 is 6.10 Å². The first-order valence-electron chi connectivity index (χ1n) is 6.03. The summed E-state index contributed by atoms with van der Waals surface area (Å²) in [5, 5.41) is 17.6. The summed E-state index contributed by atoms with van der Waals surface area (Å²) >= 11 is 0. The van der Waals surface area contributed by atoms with Crippen LogP contribution in [0.15, 0.2) is 24.3 Å². The number of carbonyl (C=O) groups is 1. The molecule has 0 saturated heterocycles. The summed E-state index contributed by atoms with van der Waals surface area (Å²) in [6.45, 7) is 1.97. The molecule has 0 heterocycles. The van der Waals surface area contributed by atoms with Crippen LogP contribution in [0.2, 0.25) is 0 Å². The Morgan fingerprint density at radius 2 is 2.11 bits per heavy atom. The second kappa shape index (κ2) is 7.39. The van der Waals surface area contributed by atoms with Gasteiger partial charge in [0.2, 0.25) is 5.91 Å². The first-order chi connectivity index (χ1) is 9.02. The molecular weight excluding hydrogens is 244 g/mol. The van der Waals surface area contributed by atoms with Crippen molar-refractivity contribution >= 4 is 5.91 Å². The van der Waals surface area contributed by atoms with E-state index in [1.807, 2.05) is 6.07 Å². The molecule has 102 valence electrons. The molecule has 1 N–H and O–H groups in total. The standard InChI is InChI=1S/C14H18N2O3/c1-11(17)10-16(2)14(18)9-12-3-5-13(6-4-12)19-8-7-15/h3-6,11,17H,8-10H2,1-2H3. The summed E-state index contributed by atoms with van der Waals surface area (Å²) < 4.78 is 5.13. The van der Waals surface area contributed by atoms with Crippen molar-refractivity contribution in [2.24, 2.45) is 0 Å². The average molecular weight is 262 g/mol. The van der Waals surface area contributed by atoms with Crippen LogP contribution in [0.4, 0.5) is 0 Å². The van der Waals surface area contributed by atoms with Gasteiger partial charge in [0, 0.05) is 13.6 Å². The van der Waals surface area contributed by atoms with Crippen molar-refractivity contribution < 1.29 is 14.6 Å². The Labute approximate surface area is 113 Å². The Morgan fingerprint density at radius 1 is 1.47 bits per heavy atom. The SMILES string of the molecule is CC(O)CN(C)C(=O)Cc1ccc(OCC#N)cc1. The quantitative estimate of drug-likeness (QED) is 0.829. The van der Waals surface area contributed by atoms with E-state index in [2.05, 4.69) is 0 Å². The number of amides is 1. The van der Waals surface area contributed by atoms with E-state index in [1.165, 1.54) is 4.90 Å². The van der Waals surface area contributed by atoms with Crippen LogP contribution in [0.1, 0.15) is 12.5 Å². The third-order valence-corrected chi connectivity index (χ3v) is 2.55. The van der Waals surface area contributed by atoms with Gasteiger partial charge in [-0.1, -0.05) is 12.1 Å². The van der Waals surface area contributed by atoms with Crippen LogP contribution >= 0.6 is 0 Å². The zero-order valence-corrected chi connectivity index (χ0v) is 11.2. The van der Waals surface area contributed by atoms with Gasteiger partial charge in [-0.15, -0.1) is 0 Å². The predicted octanol–water partition coefficient (Wildman–Crippen LogP) is 0.971. The van der Waals surface area contributed by atoms with Gasteiger partial charge in [0.25, 0.3) is 0 Å². The molecule has 19 heavy (non-hydrogen) atoms. The van der Waals surface area contributed by atoms with Gasteiger partial charge in [-0.3, -0.25) is 4.79 Å². The van der Waals surface area contributed by atoms with Crippen molar-refractivity contribution in [2.75, 3.05) is 20.2 Å². The number of nitriles is 1. The van der Waals surface area contributed by atoms with Crippen molar-refractivity contribution in [1.82, 2.24) is 4.90 Å². The Bertz CT molecular complexity index is 449. The van der Waals surface area contributed by atoms with E-state index in [1.54, 1.807) is 38.2 Å². The van der Waals surface area contributed by atoms with Crippen LogP contribution < -0.4 is 4.74 Å². The summed E-state index contributed by atoms with van der Waals surface area (Å²) in [5.41, 5.74) is 0.867. The molecular formula is C14H18N2O3. The molecule has 0 aliphatic carbocycles. The zero-order valence-electron chi connectivity index (χ0n) is 11.2. The Balaban J connectivity index is 2.53. The maximum atomic E-state index is 11.8. The van der Waals surface area contributed by atoms with E-state index in [4.69, 9.17) is 10.00 Å². The molecule has 1 unspecified atom stereocenters. The van der Waals surface area contributed by atoms with Crippen molar-refractivity contribution in [3.05, 3.63) is 29.8 Å². The first kappa shape index (κ1) is 15.0. The average Bonchev–Trinajstić information content (AvgIpc) is 2.37. The molecule has 1 atom stereocenters. The van der Waals surface area contributed by atoms with Gasteiger partial charge < -0.3 is 14.7 Å². The maximum absolute atomic E-state index is 11.8. The number of nitrogens with zero attached hydrogens (tertiary/aromatic N) is 2. The van der Waals surface area contributed by atoms with Crippen LogP contribution in [0.25, 0.3) is 0 Å². The molecule has 1 amide bonds. The molecule has 1 rings (SSSR count). The fourth-order valence-electron chi connectivity index (χ4n) is 1.63. The number of rotatable bonds is 6. The highest BCUT2D eigenvalue weighted by Gasteiger charge is 2.11. The fraction of sp³-hybridized carbons (Fsp3) is 0.429. The molecule has 0 aliphatic rings. The Morgan fingerprint density at radius 3 is 2.63 bits per heavy atom. The number of ether oxygens (including phenoxy) is 1. The highest BCUT2D eigenvalue weighted by molar-refractivity contribution is 5.78. The summed E-state index contributed by atoms with van der Waals surface area (Å²) in [6.07, 6.45) is -0.252. The number of likely N-dealkylation sites (N-methyl/N-ethyl adjacent to an activating group) is 1. The van der Waals surface area contributed by atoms with Crippen molar-refractivity contribution in [3.8, 4) is 11.8 Å². The van der Waals surface area contributed by atoms with Crippen molar-refractivity contribution in [3.63, 3.8) is 0 Å². The lowest BCUT2D eigenvalue weighted by Crippen LogP contribution is -2.34. The molecule has 0 aromatic heterocycles. The lowest BCUT2D eigenvalue weighted by Gasteiger charge is -2.18. The highest BCUT2D eigenvalue weighted by Crippen LogP contribution is 2.13. The van der Waals surface area contributed by atoms with Crippen LogP contribution in [-0.2, 0) is 11.2 Å². The molecule has 5 heteroatoms. The van der Waals surface area contributed by atoms with E-state index in [0.717, 1.165) is 5.56 Å². The minimum Gasteiger partial charge on any atom is -0.479 e. The summed E-state index contributed by atoms with van der Waals surface area (Å²) in [6, 6.07) is 8.94. The van der Waals surface area contributed by atoms with Crippen molar-refractivity contribution in [1.29, 1.82) is 5.26 Å². The van der Waals surface area contributed by atoms with E-state index in [-0.39, 0.29) is 18.9 Å². The van der Waals surface area contributed by atoms with Gasteiger partial charge in [0.1, 0.15) is 11.8 Å². The normalized spacial score (nSPS) is 11.5. The van der Waals surface area contributed by atoms with Gasteiger partial charge in [0.15, 0.2) is 6.61 Å². The Hall–Kier alpha value is -2.06. The second-order valence-electron chi connectivity index (χ2n) is 4.39. The molecule has 0 spiro atoms. The Kier molecular flexibility index (Phi) is 5.83. The number of aliphatic hydroxyl groups excluding tert-OH is 1. The molecule has 0 aliphatic heterocycles. The highest BCUT2D eigenvalue weighted by atomic mass is 16.5. The second-order valence-corrected chi connectivity index (χ2v) is 4.39. The van der Waals surface area contributed by atoms with Crippen LogP contribution in [-0.4, -0.2) is 42.2 Å². The molecule has 5 nitrogen and oxygen atoms in total. The zero-order chi connectivity index (χ0) is 14.3. The molecule has 1 aromatic carbocycles. The summed E-state index contributed by atoms with van der Waals surface area (Å²) in [4.78, 5) is 13.4. The minimum absolute atomic E-state index is 0.00933. The van der Waals surface area contributed by atoms with Crippen LogP contribution in [0.3, 0.4) is 0 Å². The molecule has 0 saturated carbocycles. The summed E-state index contributed by atoms with van der Waals surface area (Å²) in [7, 11) is 1.67. The van der Waals surface area contributed by atoms with Gasteiger partial charge >= 0.3 is 0 Å². The van der Waals surface area contributed by atoms with Crippen LogP contribution in [0.5, 0.6) is 5.75 Å². The number of carbonyl (C=O) groups excluding carboxylic acids is 1. The first-order valence-corrected chi connectivity index (χ1v) is 6.03. The van der Waals surface area contributed by atoms with E-state index in [9.17, 15) is 9.90 Å². The monoisotopic (exact) mass is 262 g/mol. The number of hydrogen-bond donors (Lipinski definition) is 1. The van der Waals surface area contributed by atoms with Gasteiger partial charge in [0.05, 0.1) is 12.5 Å². The third-order valence-electron chi connectivity index (χ3n) is 2.55.